The van der Waals surface area contributed by atoms with E-state index in [-0.39, 0.29) is 17.2 Å². The highest BCUT2D eigenvalue weighted by Gasteiger charge is 2.44. The first-order valence-corrected chi connectivity index (χ1v) is 17.1. The number of methoxy groups -OCH3 is 1. The van der Waals surface area contributed by atoms with Crippen LogP contribution >= 0.6 is 23.7 Å². The lowest BCUT2D eigenvalue weighted by Crippen LogP contribution is -2.49. The van der Waals surface area contributed by atoms with Crippen LogP contribution in [-0.2, 0) is 21.3 Å². The highest BCUT2D eigenvalue weighted by molar-refractivity contribution is 7.95. The zero-order valence-corrected chi connectivity index (χ0v) is 27.1. The molecule has 2 heterocycles. The molecule has 0 unspecified atom stereocenters. The predicted octanol–water partition coefficient (Wildman–Crippen LogP) is 5.42. The third-order valence-electron chi connectivity index (χ3n) is 9.73. The first-order chi connectivity index (χ1) is 21.5. The first-order valence-electron chi connectivity index (χ1n) is 15.9. The van der Waals surface area contributed by atoms with E-state index in [9.17, 15) is 9.90 Å². The summed E-state index contributed by atoms with van der Waals surface area (Å²) in [6.07, 6.45) is 9.57. The molecule has 1 saturated carbocycles. The number of fused-ring (bicyclic) bond motifs is 4. The number of hydrogen-bond acceptors (Lipinski definition) is 8. The lowest BCUT2D eigenvalue weighted by Gasteiger charge is -2.45. The Bertz CT molecular complexity index is 1340. The number of anilines is 1. The Kier molecular flexibility index (Phi) is 10.4. The van der Waals surface area contributed by atoms with E-state index in [0.717, 1.165) is 74.6 Å². The molecular weight excluding hydrogens is 598 g/mol. The second kappa shape index (κ2) is 14.4. The molecule has 2 bridgehead atoms. The van der Waals surface area contributed by atoms with E-state index in [2.05, 4.69) is 32.1 Å². The number of amides is 1. The number of aliphatic hydroxyl groups is 1. The highest BCUT2D eigenvalue weighted by atomic mass is 35.5. The molecular formula is C34H44ClN3O5S. The third kappa shape index (κ3) is 7.08. The maximum Gasteiger partial charge on any atom is 0.262 e. The van der Waals surface area contributed by atoms with Crippen molar-refractivity contribution in [1.29, 1.82) is 0 Å². The maximum absolute atomic E-state index is 13.5. The monoisotopic (exact) mass is 641 g/mol. The quantitative estimate of drug-likeness (QED) is 0.246. The number of halogens is 1. The number of rotatable bonds is 6. The summed E-state index contributed by atoms with van der Waals surface area (Å²) < 4.78 is 22.5. The van der Waals surface area contributed by atoms with Gasteiger partial charge in [0.1, 0.15) is 5.75 Å². The van der Waals surface area contributed by atoms with Crippen molar-refractivity contribution in [3.63, 3.8) is 0 Å². The van der Waals surface area contributed by atoms with Crippen LogP contribution in [0.15, 0.2) is 48.6 Å². The Morgan fingerprint density at radius 3 is 2.93 bits per heavy atom. The molecule has 1 spiro atoms. The van der Waals surface area contributed by atoms with Crippen LogP contribution in [0.3, 0.4) is 0 Å². The van der Waals surface area contributed by atoms with Crippen LogP contribution in [0, 0.1) is 11.8 Å². The van der Waals surface area contributed by atoms with Gasteiger partial charge in [0, 0.05) is 61.4 Å². The minimum Gasteiger partial charge on any atom is -0.490 e. The summed E-state index contributed by atoms with van der Waals surface area (Å²) >= 11 is 7.72. The van der Waals surface area contributed by atoms with E-state index in [4.69, 9.17) is 25.8 Å². The van der Waals surface area contributed by atoms with Crippen molar-refractivity contribution >= 4 is 35.3 Å². The van der Waals surface area contributed by atoms with Crippen molar-refractivity contribution in [3.8, 4) is 5.75 Å². The molecule has 2 aliphatic heterocycles. The number of nitrogens with zero attached hydrogens (tertiary/aromatic N) is 2. The topological polar surface area (TPSA) is 83.5 Å². The standard InChI is InChI=1S/C34H44ClN3O5S/c1-41-17-18-42-16-15-38-14-3-2-6-31(39)28-10-7-26(28)21-37-22-34(13-4-5-24-19-27(35)9-11-29(24)34)23-43-32-12-8-25(20-30(32)37)33(40)36-44-38/h2,6,8-9,11-12,19-20,26,28,31,39H,3-5,7,10,13-18,21-23H2,1H3,(H,36,40)/b6-2-/t26-,28+,31-,34-/m0/s1. The van der Waals surface area contributed by atoms with E-state index in [1.165, 1.54) is 23.3 Å². The molecule has 0 radical (unpaired) electrons. The van der Waals surface area contributed by atoms with E-state index in [0.29, 0.717) is 44.5 Å². The van der Waals surface area contributed by atoms with Gasteiger partial charge in [-0.15, -0.1) is 0 Å². The molecule has 4 aliphatic rings. The van der Waals surface area contributed by atoms with E-state index in [1.54, 1.807) is 7.11 Å². The Labute approximate surface area is 270 Å². The number of ether oxygens (including phenoxy) is 3. The molecule has 6 rings (SSSR count). The largest absolute Gasteiger partial charge is 0.490 e. The average molecular weight is 642 g/mol. The predicted molar refractivity (Wildman–Crippen MR) is 176 cm³/mol. The molecule has 4 atom stereocenters. The van der Waals surface area contributed by atoms with Gasteiger partial charge in [0.2, 0.25) is 0 Å². The van der Waals surface area contributed by atoms with Gasteiger partial charge in [-0.1, -0.05) is 29.8 Å². The fraction of sp³-hybridized carbons (Fsp3) is 0.559. The van der Waals surface area contributed by atoms with Crippen molar-refractivity contribution in [3.05, 3.63) is 70.3 Å². The van der Waals surface area contributed by atoms with Crippen LogP contribution < -0.4 is 14.4 Å². The molecule has 44 heavy (non-hydrogen) atoms. The lowest BCUT2D eigenvalue weighted by molar-refractivity contribution is 0.0456. The second-order valence-electron chi connectivity index (χ2n) is 12.6. The van der Waals surface area contributed by atoms with E-state index >= 15 is 0 Å². The SMILES string of the molecule is COCCOCCN1CC/C=C\[C@H](O)[C@@H]2CC[C@H]2CN2C[C@@]3(CCCc4cc(Cl)ccc43)COc3ccc(cc32)C(=O)NS1. The number of nitrogens with one attached hydrogen (secondary N) is 1. The van der Waals surface area contributed by atoms with Gasteiger partial charge in [-0.05, 0) is 91.8 Å². The summed E-state index contributed by atoms with van der Waals surface area (Å²) in [4.78, 5) is 15.9. The van der Waals surface area contributed by atoms with Gasteiger partial charge in [-0.25, -0.2) is 4.31 Å². The highest BCUT2D eigenvalue weighted by Crippen LogP contribution is 2.46. The van der Waals surface area contributed by atoms with Gasteiger partial charge in [-0.2, -0.15) is 0 Å². The van der Waals surface area contributed by atoms with Crippen LogP contribution in [0.2, 0.25) is 5.02 Å². The van der Waals surface area contributed by atoms with Crippen molar-refractivity contribution in [2.45, 2.75) is 50.0 Å². The van der Waals surface area contributed by atoms with Crippen LogP contribution in [0.4, 0.5) is 5.69 Å². The van der Waals surface area contributed by atoms with Crippen LogP contribution in [0.25, 0.3) is 0 Å². The van der Waals surface area contributed by atoms with E-state index in [1.807, 2.05) is 30.3 Å². The minimum absolute atomic E-state index is 0.140. The summed E-state index contributed by atoms with van der Waals surface area (Å²) in [5, 5.41) is 12.0. The smallest absolute Gasteiger partial charge is 0.262 e. The van der Waals surface area contributed by atoms with Crippen molar-refractivity contribution in [2.24, 2.45) is 11.8 Å². The van der Waals surface area contributed by atoms with Crippen molar-refractivity contribution < 1.29 is 24.1 Å². The number of carbonyl (C=O) groups is 1. The van der Waals surface area contributed by atoms with Gasteiger partial charge < -0.3 is 24.2 Å². The Morgan fingerprint density at radius 2 is 2.09 bits per heavy atom. The summed E-state index contributed by atoms with van der Waals surface area (Å²) in [5.74, 6) is 1.23. The first kappa shape index (κ1) is 31.7. The number of hydrogen-bond donors (Lipinski definition) is 2. The minimum atomic E-state index is -0.472. The Hall–Kier alpha value is -2.27. The molecule has 0 saturated heterocycles. The van der Waals surface area contributed by atoms with Gasteiger partial charge >= 0.3 is 0 Å². The second-order valence-corrected chi connectivity index (χ2v) is 13.9. The van der Waals surface area contributed by atoms with Crippen LogP contribution in [0.1, 0.15) is 53.6 Å². The Morgan fingerprint density at radius 1 is 1.18 bits per heavy atom. The normalized spacial score (nSPS) is 28.2. The van der Waals surface area contributed by atoms with Gasteiger partial charge in [-0.3, -0.25) is 9.52 Å². The third-order valence-corrected chi connectivity index (χ3v) is 10.9. The van der Waals surface area contributed by atoms with Gasteiger partial charge in [0.25, 0.3) is 5.91 Å². The molecule has 2 aromatic carbocycles. The molecule has 10 heteroatoms. The molecule has 8 nitrogen and oxygen atoms in total. The summed E-state index contributed by atoms with van der Waals surface area (Å²) in [5.41, 5.74) is 4.00. The fourth-order valence-corrected chi connectivity index (χ4v) is 8.07. The zero-order chi connectivity index (χ0) is 30.5. The molecule has 2 aromatic rings. The van der Waals surface area contributed by atoms with E-state index < -0.39 is 6.10 Å². The van der Waals surface area contributed by atoms with Crippen LogP contribution in [0.5, 0.6) is 5.75 Å². The molecule has 2 aliphatic carbocycles. The van der Waals surface area contributed by atoms with Crippen LogP contribution in [-0.4, -0.2) is 81.1 Å². The molecule has 1 fully saturated rings. The van der Waals surface area contributed by atoms with Gasteiger partial charge in [0.05, 0.1) is 38.2 Å². The summed E-state index contributed by atoms with van der Waals surface area (Å²) in [6.45, 7) is 5.16. The maximum atomic E-state index is 13.5. The zero-order valence-electron chi connectivity index (χ0n) is 25.5. The average Bonchev–Trinajstić information content (AvgIpc) is 3.15. The lowest BCUT2D eigenvalue weighted by atomic mass is 9.68. The summed E-state index contributed by atoms with van der Waals surface area (Å²) in [7, 11) is 1.66. The number of aryl methyl sites for hydroxylation is 1. The number of aliphatic hydroxyl groups excluding tert-OH is 1. The van der Waals surface area contributed by atoms with Gasteiger partial charge in [0.15, 0.2) is 0 Å². The fourth-order valence-electron chi connectivity index (χ4n) is 7.19. The molecule has 238 valence electrons. The molecule has 1 amide bonds. The number of carbonyl (C=O) groups excluding carboxylic acids is 1. The van der Waals surface area contributed by atoms with Crippen molar-refractivity contribution in [1.82, 2.24) is 9.03 Å². The molecule has 2 N–H and O–H groups in total. The number of benzene rings is 2. The van der Waals surface area contributed by atoms with Crippen molar-refractivity contribution in [2.75, 3.05) is 64.6 Å². The Balaban J connectivity index is 1.29. The summed E-state index contributed by atoms with van der Waals surface area (Å²) in [6, 6.07) is 12.1. The molecule has 0 aromatic heterocycles.